The number of benzene rings is 1. The molecule has 1 saturated heterocycles. The van der Waals surface area contributed by atoms with Gasteiger partial charge in [-0.2, -0.15) is 13.2 Å². The van der Waals surface area contributed by atoms with E-state index in [2.05, 4.69) is 0 Å². The topological polar surface area (TPSA) is 66.9 Å². The molecule has 0 N–H and O–H groups in total. The van der Waals surface area contributed by atoms with Gasteiger partial charge in [-0.15, -0.1) is 0 Å². The lowest BCUT2D eigenvalue weighted by Crippen LogP contribution is -2.44. The van der Waals surface area contributed by atoms with Crippen molar-refractivity contribution in [2.75, 3.05) is 26.2 Å². The number of hydrogen-bond acceptors (Lipinski definition) is 4. The van der Waals surface area contributed by atoms with Crippen LogP contribution in [0.25, 0.3) is 0 Å². The zero-order valence-electron chi connectivity index (χ0n) is 17.5. The fourth-order valence-electron chi connectivity index (χ4n) is 4.07. The number of rotatable bonds is 5. The first-order valence-electron chi connectivity index (χ1n) is 10.3. The maximum Gasteiger partial charge on any atom is 0.416 e. The highest BCUT2D eigenvalue weighted by molar-refractivity contribution is 5.97. The van der Waals surface area contributed by atoms with Crippen molar-refractivity contribution in [1.29, 1.82) is 0 Å². The van der Waals surface area contributed by atoms with Gasteiger partial charge < -0.3 is 14.5 Å². The number of carbonyl (C=O) groups is 3. The molecule has 0 aliphatic carbocycles. The van der Waals surface area contributed by atoms with Crippen molar-refractivity contribution >= 4 is 17.8 Å². The Morgan fingerprint density at radius 2 is 1.74 bits per heavy atom. The summed E-state index contributed by atoms with van der Waals surface area (Å²) < 4.78 is 43.9. The zero-order chi connectivity index (χ0) is 22.8. The minimum absolute atomic E-state index is 0.107. The normalized spacial score (nSPS) is 19.8. The molecule has 2 heterocycles. The molecule has 1 aromatic carbocycles. The van der Waals surface area contributed by atoms with Crippen LogP contribution in [-0.2, 0) is 25.3 Å². The Labute approximate surface area is 178 Å². The summed E-state index contributed by atoms with van der Waals surface area (Å²) in [6.45, 7) is 4.43. The molecule has 1 aromatic rings. The van der Waals surface area contributed by atoms with Crippen molar-refractivity contribution in [3.8, 4) is 0 Å². The fourth-order valence-corrected chi connectivity index (χ4v) is 4.07. The number of likely N-dealkylation sites (tertiary alicyclic amines) is 1. The molecular formula is C22H25F3N2O4. The molecule has 2 amide bonds. The van der Waals surface area contributed by atoms with E-state index in [1.807, 2.05) is 0 Å². The third-order valence-corrected chi connectivity index (χ3v) is 5.71. The predicted molar refractivity (Wildman–Crippen MR) is 106 cm³/mol. The lowest BCUT2D eigenvalue weighted by molar-refractivity contribution is -0.142. The Morgan fingerprint density at radius 1 is 1.13 bits per heavy atom. The summed E-state index contributed by atoms with van der Waals surface area (Å²) in [4.78, 5) is 41.1. The average Bonchev–Trinajstić information content (AvgIpc) is 3.25. The molecular weight excluding hydrogens is 413 g/mol. The molecule has 6 nitrogen and oxygen atoms in total. The standard InChI is InChI=1S/C22H25F3N2O4/c1-3-31-21(30)20-14(2)27(13-19(29)26-10-4-5-11-26)18(28)12-17(20)15-6-8-16(9-7-15)22(23,24)25/h6-9,17H,3-5,10-13H2,1-2H3. The smallest absolute Gasteiger partial charge is 0.416 e. The number of ether oxygens (including phenoxy) is 1. The Hall–Kier alpha value is -2.84. The Balaban J connectivity index is 1.94. The van der Waals surface area contributed by atoms with Crippen LogP contribution in [0, 0.1) is 0 Å². The van der Waals surface area contributed by atoms with Crippen molar-refractivity contribution in [3.05, 3.63) is 46.7 Å². The van der Waals surface area contributed by atoms with Crippen LogP contribution in [0.2, 0.25) is 0 Å². The van der Waals surface area contributed by atoms with Gasteiger partial charge in [-0.05, 0) is 44.4 Å². The number of halogens is 3. The van der Waals surface area contributed by atoms with Crippen molar-refractivity contribution in [1.82, 2.24) is 9.80 Å². The van der Waals surface area contributed by atoms with E-state index in [4.69, 9.17) is 4.74 Å². The van der Waals surface area contributed by atoms with Crippen LogP contribution in [-0.4, -0.2) is 53.8 Å². The van der Waals surface area contributed by atoms with Crippen LogP contribution >= 0.6 is 0 Å². The monoisotopic (exact) mass is 438 g/mol. The number of hydrogen-bond donors (Lipinski definition) is 0. The van der Waals surface area contributed by atoms with E-state index >= 15 is 0 Å². The highest BCUT2D eigenvalue weighted by Gasteiger charge is 2.38. The Kier molecular flexibility index (Phi) is 6.71. The Bertz CT molecular complexity index is 887. The highest BCUT2D eigenvalue weighted by Crippen LogP contribution is 2.38. The fraction of sp³-hybridized carbons (Fsp3) is 0.500. The second-order valence-corrected chi connectivity index (χ2v) is 7.66. The number of allylic oxidation sites excluding steroid dienone is 1. The van der Waals surface area contributed by atoms with Gasteiger partial charge in [0.2, 0.25) is 11.8 Å². The summed E-state index contributed by atoms with van der Waals surface area (Å²) >= 11 is 0. The molecule has 0 saturated carbocycles. The largest absolute Gasteiger partial charge is 0.463 e. The summed E-state index contributed by atoms with van der Waals surface area (Å²) in [5.41, 5.74) is 0.0893. The van der Waals surface area contributed by atoms with Crippen molar-refractivity contribution in [3.63, 3.8) is 0 Å². The van der Waals surface area contributed by atoms with E-state index in [0.717, 1.165) is 25.0 Å². The molecule has 168 valence electrons. The minimum Gasteiger partial charge on any atom is -0.463 e. The molecule has 2 aliphatic rings. The summed E-state index contributed by atoms with van der Waals surface area (Å²) in [6, 6.07) is 4.42. The van der Waals surface area contributed by atoms with E-state index in [9.17, 15) is 27.6 Å². The van der Waals surface area contributed by atoms with Gasteiger partial charge >= 0.3 is 12.1 Å². The van der Waals surface area contributed by atoms with Crippen molar-refractivity contribution < 1.29 is 32.3 Å². The molecule has 0 bridgehead atoms. The summed E-state index contributed by atoms with van der Waals surface area (Å²) in [6.07, 6.45) is -2.79. The van der Waals surface area contributed by atoms with E-state index in [0.29, 0.717) is 24.4 Å². The van der Waals surface area contributed by atoms with Gasteiger partial charge in [0.05, 0.1) is 17.7 Å². The van der Waals surface area contributed by atoms with Crippen LogP contribution in [0.1, 0.15) is 50.2 Å². The third kappa shape index (κ3) is 4.91. The van der Waals surface area contributed by atoms with Gasteiger partial charge in [-0.1, -0.05) is 12.1 Å². The quantitative estimate of drug-likeness (QED) is 0.661. The van der Waals surface area contributed by atoms with Gasteiger partial charge in [0.15, 0.2) is 0 Å². The van der Waals surface area contributed by atoms with Gasteiger partial charge in [0, 0.05) is 31.1 Å². The number of carbonyl (C=O) groups excluding carboxylic acids is 3. The van der Waals surface area contributed by atoms with Gasteiger partial charge in [-0.3, -0.25) is 9.59 Å². The SMILES string of the molecule is CCOC(=O)C1=C(C)N(CC(=O)N2CCCC2)C(=O)CC1c1ccc(C(F)(F)F)cc1. The van der Waals surface area contributed by atoms with Gasteiger partial charge in [-0.25, -0.2) is 4.79 Å². The van der Waals surface area contributed by atoms with Crippen molar-refractivity contribution in [2.24, 2.45) is 0 Å². The lowest BCUT2D eigenvalue weighted by atomic mass is 9.83. The molecule has 1 fully saturated rings. The molecule has 0 aromatic heterocycles. The summed E-state index contributed by atoms with van der Waals surface area (Å²) in [7, 11) is 0. The number of alkyl halides is 3. The molecule has 2 aliphatic heterocycles. The van der Waals surface area contributed by atoms with Crippen LogP contribution < -0.4 is 0 Å². The maximum absolute atomic E-state index is 12.9. The second kappa shape index (κ2) is 9.11. The summed E-state index contributed by atoms with van der Waals surface area (Å²) in [5, 5.41) is 0. The first kappa shape index (κ1) is 22.8. The molecule has 31 heavy (non-hydrogen) atoms. The van der Waals surface area contributed by atoms with Crippen LogP contribution in [0.5, 0.6) is 0 Å². The molecule has 0 spiro atoms. The first-order valence-corrected chi connectivity index (χ1v) is 10.3. The lowest BCUT2D eigenvalue weighted by Gasteiger charge is -2.35. The van der Waals surface area contributed by atoms with Crippen LogP contribution in [0.4, 0.5) is 13.2 Å². The van der Waals surface area contributed by atoms with E-state index in [1.54, 1.807) is 18.7 Å². The van der Waals surface area contributed by atoms with Gasteiger partial charge in [0.25, 0.3) is 0 Å². The van der Waals surface area contributed by atoms with E-state index < -0.39 is 23.6 Å². The van der Waals surface area contributed by atoms with Crippen LogP contribution in [0.15, 0.2) is 35.5 Å². The van der Waals surface area contributed by atoms with Crippen molar-refractivity contribution in [2.45, 2.75) is 45.2 Å². The number of nitrogens with zero attached hydrogens (tertiary/aromatic N) is 2. The molecule has 1 atom stereocenters. The number of esters is 1. The minimum atomic E-state index is -4.48. The van der Waals surface area contributed by atoms with E-state index in [-0.39, 0.29) is 37.0 Å². The first-order chi connectivity index (χ1) is 14.6. The molecule has 0 radical (unpaired) electrons. The molecule has 3 rings (SSSR count). The Morgan fingerprint density at radius 3 is 2.29 bits per heavy atom. The van der Waals surface area contributed by atoms with E-state index in [1.165, 1.54) is 17.0 Å². The number of amides is 2. The molecule has 1 unspecified atom stereocenters. The third-order valence-electron chi connectivity index (χ3n) is 5.71. The second-order valence-electron chi connectivity index (χ2n) is 7.66. The highest BCUT2D eigenvalue weighted by atomic mass is 19.4. The average molecular weight is 438 g/mol. The summed E-state index contributed by atoms with van der Waals surface area (Å²) in [5.74, 6) is -1.94. The predicted octanol–water partition coefficient (Wildman–Crippen LogP) is 3.48. The van der Waals surface area contributed by atoms with Crippen LogP contribution in [0.3, 0.4) is 0 Å². The zero-order valence-corrected chi connectivity index (χ0v) is 17.5. The van der Waals surface area contributed by atoms with Gasteiger partial charge in [0.1, 0.15) is 6.54 Å². The maximum atomic E-state index is 12.9. The molecule has 9 heteroatoms.